The average molecular weight is 401 g/mol. The molecule has 0 fully saturated rings. The van der Waals surface area contributed by atoms with Crippen LogP contribution in [0.4, 0.5) is 4.39 Å². The molecule has 0 saturated heterocycles. The van der Waals surface area contributed by atoms with Crippen LogP contribution in [-0.2, 0) is 0 Å². The Balaban J connectivity index is 2.20. The van der Waals surface area contributed by atoms with E-state index in [-0.39, 0.29) is 16.1 Å². The van der Waals surface area contributed by atoms with Crippen LogP contribution in [0.25, 0.3) is 0 Å². The fourth-order valence-electron chi connectivity index (χ4n) is 1.86. The van der Waals surface area contributed by atoms with E-state index in [0.29, 0.717) is 0 Å². The van der Waals surface area contributed by atoms with Crippen molar-refractivity contribution < 1.29 is 9.18 Å². The molecule has 1 atom stereocenters. The minimum Gasteiger partial charge on any atom is -0.345 e. The highest BCUT2D eigenvalue weighted by atomic mass is 79.9. The van der Waals surface area contributed by atoms with Gasteiger partial charge in [-0.3, -0.25) is 4.79 Å². The lowest BCUT2D eigenvalue weighted by Gasteiger charge is -2.16. The molecule has 0 aromatic heterocycles. The van der Waals surface area contributed by atoms with Gasteiger partial charge in [-0.15, -0.1) is 0 Å². The summed E-state index contributed by atoms with van der Waals surface area (Å²) in [6.45, 7) is 1.86. The first-order valence-electron chi connectivity index (χ1n) is 6.00. The van der Waals surface area contributed by atoms with Crippen molar-refractivity contribution in [3.63, 3.8) is 0 Å². The number of hydrogen-bond acceptors (Lipinski definition) is 1. The molecule has 5 heteroatoms. The van der Waals surface area contributed by atoms with E-state index in [1.807, 2.05) is 31.2 Å². The van der Waals surface area contributed by atoms with Crippen LogP contribution in [-0.4, -0.2) is 5.91 Å². The molecular formula is C15H12Br2FNO. The van der Waals surface area contributed by atoms with E-state index < -0.39 is 11.7 Å². The summed E-state index contributed by atoms with van der Waals surface area (Å²) in [6, 6.07) is 12.0. The number of carbonyl (C=O) groups excluding carboxylic acids is 1. The van der Waals surface area contributed by atoms with E-state index in [9.17, 15) is 9.18 Å². The van der Waals surface area contributed by atoms with Crippen molar-refractivity contribution in [2.24, 2.45) is 0 Å². The van der Waals surface area contributed by atoms with Crippen molar-refractivity contribution in [2.75, 3.05) is 0 Å². The summed E-state index contributed by atoms with van der Waals surface area (Å²) in [4.78, 5) is 12.1. The van der Waals surface area contributed by atoms with Crippen LogP contribution in [0.2, 0.25) is 0 Å². The second-order valence-corrected chi connectivity index (χ2v) is 6.03. The van der Waals surface area contributed by atoms with Crippen molar-refractivity contribution in [3.8, 4) is 0 Å². The Labute approximate surface area is 133 Å². The zero-order chi connectivity index (χ0) is 14.7. The van der Waals surface area contributed by atoms with Gasteiger partial charge in [0.05, 0.1) is 16.1 Å². The maximum Gasteiger partial charge on any atom is 0.254 e. The third-order valence-electron chi connectivity index (χ3n) is 2.92. The van der Waals surface area contributed by atoms with Gasteiger partial charge in [-0.2, -0.15) is 0 Å². The van der Waals surface area contributed by atoms with Crippen molar-refractivity contribution in [1.82, 2.24) is 5.32 Å². The first kappa shape index (κ1) is 15.2. The van der Waals surface area contributed by atoms with Crippen LogP contribution < -0.4 is 5.32 Å². The second-order valence-electron chi connectivity index (χ2n) is 4.32. The van der Waals surface area contributed by atoms with E-state index in [4.69, 9.17) is 0 Å². The fraction of sp³-hybridized carbons (Fsp3) is 0.133. The molecular weight excluding hydrogens is 389 g/mol. The highest BCUT2D eigenvalue weighted by Gasteiger charge is 2.17. The Kier molecular flexibility index (Phi) is 4.94. The van der Waals surface area contributed by atoms with Gasteiger partial charge in [-0.1, -0.05) is 40.2 Å². The zero-order valence-electron chi connectivity index (χ0n) is 10.7. The quantitative estimate of drug-likeness (QED) is 0.784. The zero-order valence-corrected chi connectivity index (χ0v) is 13.8. The van der Waals surface area contributed by atoms with Crippen molar-refractivity contribution in [2.45, 2.75) is 13.0 Å². The number of amides is 1. The number of benzene rings is 2. The molecule has 0 saturated carbocycles. The topological polar surface area (TPSA) is 29.1 Å². The lowest BCUT2D eigenvalue weighted by Crippen LogP contribution is -2.27. The predicted octanol–water partition coefficient (Wildman–Crippen LogP) is 4.84. The largest absolute Gasteiger partial charge is 0.345 e. The lowest BCUT2D eigenvalue weighted by atomic mass is 10.1. The minimum atomic E-state index is -0.552. The van der Waals surface area contributed by atoms with E-state index >= 15 is 0 Å². The maximum atomic E-state index is 13.9. The molecule has 2 aromatic rings. The molecule has 0 aliphatic rings. The molecule has 0 bridgehead atoms. The molecule has 2 rings (SSSR count). The number of carbonyl (C=O) groups is 1. The molecule has 0 aliphatic heterocycles. The van der Waals surface area contributed by atoms with Gasteiger partial charge in [0.1, 0.15) is 5.82 Å². The fourth-order valence-corrected chi connectivity index (χ4v) is 2.85. The highest BCUT2D eigenvalue weighted by molar-refractivity contribution is 9.10. The Bertz CT molecular complexity index is 646. The highest BCUT2D eigenvalue weighted by Crippen LogP contribution is 2.24. The summed E-state index contributed by atoms with van der Waals surface area (Å²) in [6.07, 6.45) is 0. The van der Waals surface area contributed by atoms with E-state index in [1.165, 1.54) is 6.07 Å². The van der Waals surface area contributed by atoms with E-state index in [2.05, 4.69) is 37.2 Å². The van der Waals surface area contributed by atoms with Crippen molar-refractivity contribution >= 4 is 37.8 Å². The number of hydrogen-bond donors (Lipinski definition) is 1. The van der Waals surface area contributed by atoms with Crippen LogP contribution in [0.3, 0.4) is 0 Å². The summed E-state index contributed by atoms with van der Waals surface area (Å²) in [5, 5.41) is 2.79. The third kappa shape index (κ3) is 3.27. The molecule has 0 aliphatic carbocycles. The van der Waals surface area contributed by atoms with Crippen LogP contribution in [0, 0.1) is 5.82 Å². The van der Waals surface area contributed by atoms with Gasteiger partial charge < -0.3 is 5.32 Å². The average Bonchev–Trinajstić information content (AvgIpc) is 2.42. The molecule has 1 N–H and O–H groups in total. The first-order chi connectivity index (χ1) is 9.50. The number of halogens is 3. The van der Waals surface area contributed by atoms with Crippen LogP contribution in [0.1, 0.15) is 28.9 Å². The predicted molar refractivity (Wildman–Crippen MR) is 84.1 cm³/mol. The van der Waals surface area contributed by atoms with Crippen LogP contribution in [0.5, 0.6) is 0 Å². The summed E-state index contributed by atoms with van der Waals surface area (Å²) in [5.41, 5.74) is 0.967. The summed E-state index contributed by atoms with van der Waals surface area (Å²) in [7, 11) is 0. The lowest BCUT2D eigenvalue weighted by molar-refractivity contribution is 0.0935. The monoisotopic (exact) mass is 399 g/mol. The van der Waals surface area contributed by atoms with Crippen molar-refractivity contribution in [1.29, 1.82) is 0 Å². The van der Waals surface area contributed by atoms with E-state index in [1.54, 1.807) is 12.1 Å². The Morgan fingerprint density at radius 1 is 1.10 bits per heavy atom. The van der Waals surface area contributed by atoms with Crippen LogP contribution in [0.15, 0.2) is 51.4 Å². The van der Waals surface area contributed by atoms with Gasteiger partial charge >= 0.3 is 0 Å². The normalized spacial score (nSPS) is 12.0. The standard InChI is InChI=1S/C15H12Br2FNO/c1-9(10-5-2-3-7-12(10)16)19-15(20)11-6-4-8-13(17)14(11)18/h2-9H,1H3,(H,19,20). The van der Waals surface area contributed by atoms with Gasteiger partial charge in [0.25, 0.3) is 5.91 Å². The van der Waals surface area contributed by atoms with Gasteiger partial charge in [0.2, 0.25) is 0 Å². The summed E-state index contributed by atoms with van der Waals surface area (Å²) in [5.74, 6) is -0.989. The van der Waals surface area contributed by atoms with Gasteiger partial charge in [0.15, 0.2) is 0 Å². The molecule has 104 valence electrons. The molecule has 1 amide bonds. The molecule has 0 spiro atoms. The molecule has 1 unspecified atom stereocenters. The molecule has 0 radical (unpaired) electrons. The van der Waals surface area contributed by atoms with Gasteiger partial charge in [-0.05, 0) is 46.6 Å². The molecule has 2 nitrogen and oxygen atoms in total. The van der Waals surface area contributed by atoms with Crippen molar-refractivity contribution in [3.05, 3.63) is 68.4 Å². The minimum absolute atomic E-state index is 0.0262. The Morgan fingerprint density at radius 3 is 2.45 bits per heavy atom. The third-order valence-corrected chi connectivity index (χ3v) is 4.25. The van der Waals surface area contributed by atoms with Gasteiger partial charge in [0, 0.05) is 4.47 Å². The molecule has 0 heterocycles. The Hall–Kier alpha value is -1.20. The number of rotatable bonds is 3. The maximum absolute atomic E-state index is 13.9. The summed E-state index contributed by atoms with van der Waals surface area (Å²) < 4.78 is 15.0. The molecule has 20 heavy (non-hydrogen) atoms. The van der Waals surface area contributed by atoms with Crippen LogP contribution >= 0.6 is 31.9 Å². The molecule has 2 aromatic carbocycles. The van der Waals surface area contributed by atoms with E-state index in [0.717, 1.165) is 10.0 Å². The number of nitrogens with one attached hydrogen (secondary N) is 1. The smallest absolute Gasteiger partial charge is 0.254 e. The summed E-state index contributed by atoms with van der Waals surface area (Å²) >= 11 is 6.51. The first-order valence-corrected chi connectivity index (χ1v) is 7.58. The SMILES string of the molecule is CC(NC(=O)c1cccc(Br)c1F)c1ccccc1Br. The second kappa shape index (κ2) is 6.50. The Morgan fingerprint density at radius 2 is 1.75 bits per heavy atom. The van der Waals surface area contributed by atoms with Gasteiger partial charge in [-0.25, -0.2) is 4.39 Å².